The standard InChI is InChI=1S/C33H67NO13/c1-31(2)5-7-36-9-11-38-13-15-40-17-19-42-21-23-44-25-27-46-29-30-47-28-26-45-24-22-43-20-18-41-16-14-39-12-10-37-8-6-34-33(35)32(3)4/h31-32H,5-30H2,1-4H3,(H,34,35). The molecule has 47 heavy (non-hydrogen) atoms. The summed E-state index contributed by atoms with van der Waals surface area (Å²) >= 11 is 0. The van der Waals surface area contributed by atoms with Crippen molar-refractivity contribution in [2.75, 3.05) is 165 Å². The molecular formula is C33H67NO13. The van der Waals surface area contributed by atoms with Crippen molar-refractivity contribution >= 4 is 5.91 Å². The molecule has 0 aliphatic rings. The summed E-state index contributed by atoms with van der Waals surface area (Å²) < 4.78 is 65.6. The van der Waals surface area contributed by atoms with Gasteiger partial charge in [-0.25, -0.2) is 0 Å². The molecule has 0 aliphatic carbocycles. The molecule has 0 saturated heterocycles. The molecule has 14 nitrogen and oxygen atoms in total. The normalized spacial score (nSPS) is 11.7. The first-order valence-corrected chi connectivity index (χ1v) is 17.2. The highest BCUT2D eigenvalue weighted by molar-refractivity contribution is 5.77. The van der Waals surface area contributed by atoms with Crippen molar-refractivity contribution in [3.63, 3.8) is 0 Å². The highest BCUT2D eigenvalue weighted by Gasteiger charge is 2.04. The summed E-state index contributed by atoms with van der Waals surface area (Å²) in [7, 11) is 0. The maximum absolute atomic E-state index is 11.4. The molecule has 0 radical (unpaired) electrons. The van der Waals surface area contributed by atoms with E-state index < -0.39 is 0 Å². The van der Waals surface area contributed by atoms with Crippen LogP contribution in [0, 0.1) is 11.8 Å². The average Bonchev–Trinajstić information content (AvgIpc) is 3.05. The molecule has 0 saturated carbocycles. The third-order valence-corrected chi connectivity index (χ3v) is 6.00. The Labute approximate surface area is 283 Å². The van der Waals surface area contributed by atoms with E-state index >= 15 is 0 Å². The van der Waals surface area contributed by atoms with Gasteiger partial charge in [0.15, 0.2) is 0 Å². The Kier molecular flexibility index (Phi) is 38.6. The fourth-order valence-electron chi connectivity index (χ4n) is 3.29. The molecule has 0 aromatic carbocycles. The molecule has 14 heteroatoms. The Bertz CT molecular complexity index is 617. The van der Waals surface area contributed by atoms with E-state index in [2.05, 4.69) is 19.2 Å². The Hall–Kier alpha value is -1.01. The van der Waals surface area contributed by atoms with Gasteiger partial charge in [-0.2, -0.15) is 0 Å². The fourth-order valence-corrected chi connectivity index (χ4v) is 3.29. The molecule has 0 aliphatic heterocycles. The summed E-state index contributed by atoms with van der Waals surface area (Å²) in [5.74, 6) is 0.684. The highest BCUT2D eigenvalue weighted by Crippen LogP contribution is 1.98. The number of carbonyl (C=O) groups is 1. The lowest BCUT2D eigenvalue weighted by atomic mass is 10.1. The average molecular weight is 686 g/mol. The molecule has 0 unspecified atom stereocenters. The van der Waals surface area contributed by atoms with Crippen molar-refractivity contribution in [3.05, 3.63) is 0 Å². The van der Waals surface area contributed by atoms with Gasteiger partial charge in [-0.05, 0) is 12.3 Å². The van der Waals surface area contributed by atoms with Crippen molar-refractivity contribution in [2.24, 2.45) is 11.8 Å². The van der Waals surface area contributed by atoms with Crippen LogP contribution in [0.25, 0.3) is 0 Å². The van der Waals surface area contributed by atoms with Gasteiger partial charge in [0.25, 0.3) is 0 Å². The number of hydrogen-bond donors (Lipinski definition) is 1. The predicted octanol–water partition coefficient (Wildman–Crippen LogP) is 2.00. The SMILES string of the molecule is CC(C)CCOCCOCCOCCOCCOCCOCCOCCOCCOCCOCCOCCOCCNC(=O)C(C)C. The van der Waals surface area contributed by atoms with Crippen molar-refractivity contribution in [2.45, 2.75) is 34.1 Å². The number of nitrogens with one attached hydrogen (secondary N) is 1. The molecular weight excluding hydrogens is 618 g/mol. The zero-order chi connectivity index (χ0) is 34.3. The maximum Gasteiger partial charge on any atom is 0.222 e. The van der Waals surface area contributed by atoms with Gasteiger partial charge in [-0.15, -0.1) is 0 Å². The molecule has 0 heterocycles. The van der Waals surface area contributed by atoms with Crippen LogP contribution in [-0.2, 0) is 61.6 Å². The monoisotopic (exact) mass is 685 g/mol. The van der Waals surface area contributed by atoms with Crippen LogP contribution in [0.2, 0.25) is 0 Å². The zero-order valence-electron chi connectivity index (χ0n) is 29.8. The molecule has 0 aromatic heterocycles. The molecule has 0 bridgehead atoms. The lowest BCUT2D eigenvalue weighted by Crippen LogP contribution is -2.31. The van der Waals surface area contributed by atoms with Gasteiger partial charge in [0.1, 0.15) is 0 Å². The van der Waals surface area contributed by atoms with Gasteiger partial charge in [-0.1, -0.05) is 27.7 Å². The smallest absolute Gasteiger partial charge is 0.222 e. The molecule has 0 rings (SSSR count). The second-order valence-electron chi connectivity index (χ2n) is 11.0. The molecule has 1 N–H and O–H groups in total. The second-order valence-corrected chi connectivity index (χ2v) is 11.0. The van der Waals surface area contributed by atoms with Crippen molar-refractivity contribution < 1.29 is 61.6 Å². The molecule has 1 amide bonds. The first kappa shape index (κ1) is 46.0. The summed E-state index contributed by atoms with van der Waals surface area (Å²) in [4.78, 5) is 11.4. The third-order valence-electron chi connectivity index (χ3n) is 6.00. The van der Waals surface area contributed by atoms with Gasteiger partial charge >= 0.3 is 0 Å². The van der Waals surface area contributed by atoms with Crippen LogP contribution in [0.3, 0.4) is 0 Å². The van der Waals surface area contributed by atoms with Gasteiger partial charge < -0.3 is 62.2 Å². The van der Waals surface area contributed by atoms with Crippen molar-refractivity contribution in [3.8, 4) is 0 Å². The maximum atomic E-state index is 11.4. The topological polar surface area (TPSA) is 140 Å². The number of ether oxygens (including phenoxy) is 12. The number of rotatable bonds is 40. The van der Waals surface area contributed by atoms with Gasteiger partial charge in [0.2, 0.25) is 5.91 Å². The van der Waals surface area contributed by atoms with Crippen LogP contribution < -0.4 is 5.32 Å². The minimum absolute atomic E-state index is 0.0135. The highest BCUT2D eigenvalue weighted by atomic mass is 16.6. The number of amides is 1. The third kappa shape index (κ3) is 41.1. The van der Waals surface area contributed by atoms with E-state index in [0.717, 1.165) is 13.0 Å². The predicted molar refractivity (Wildman–Crippen MR) is 177 cm³/mol. The summed E-state index contributed by atoms with van der Waals surface area (Å²) in [5.41, 5.74) is 0. The number of carbonyl (C=O) groups excluding carboxylic acids is 1. The van der Waals surface area contributed by atoms with Crippen LogP contribution in [-0.4, -0.2) is 171 Å². The van der Waals surface area contributed by atoms with Gasteiger partial charge in [0.05, 0.1) is 152 Å². The Morgan fingerprint density at radius 3 is 0.787 bits per heavy atom. The van der Waals surface area contributed by atoms with Gasteiger partial charge in [-0.3, -0.25) is 4.79 Å². The lowest BCUT2D eigenvalue weighted by molar-refractivity contribution is -0.124. The van der Waals surface area contributed by atoms with Crippen molar-refractivity contribution in [1.29, 1.82) is 0 Å². The molecule has 0 atom stereocenters. The van der Waals surface area contributed by atoms with Crippen LogP contribution in [0.5, 0.6) is 0 Å². The van der Waals surface area contributed by atoms with E-state index in [0.29, 0.717) is 164 Å². The first-order valence-electron chi connectivity index (χ1n) is 17.2. The summed E-state index contributed by atoms with van der Waals surface area (Å²) in [6.45, 7) is 21.3. The zero-order valence-corrected chi connectivity index (χ0v) is 29.8. The van der Waals surface area contributed by atoms with E-state index in [1.54, 1.807) is 0 Å². The Morgan fingerprint density at radius 1 is 0.362 bits per heavy atom. The van der Waals surface area contributed by atoms with Crippen LogP contribution >= 0.6 is 0 Å². The quantitative estimate of drug-likeness (QED) is 0.0942. The van der Waals surface area contributed by atoms with Crippen molar-refractivity contribution in [1.82, 2.24) is 5.32 Å². The fraction of sp³-hybridized carbons (Fsp3) is 0.970. The van der Waals surface area contributed by atoms with Crippen LogP contribution in [0.4, 0.5) is 0 Å². The minimum atomic E-state index is -0.0135. The largest absolute Gasteiger partial charge is 0.379 e. The van der Waals surface area contributed by atoms with E-state index in [4.69, 9.17) is 56.8 Å². The van der Waals surface area contributed by atoms with E-state index in [1.165, 1.54) is 0 Å². The lowest BCUT2D eigenvalue weighted by Gasteiger charge is -2.09. The molecule has 0 spiro atoms. The van der Waals surface area contributed by atoms with Crippen LogP contribution in [0.1, 0.15) is 34.1 Å². The number of hydrogen-bond acceptors (Lipinski definition) is 13. The first-order chi connectivity index (χ1) is 23.0. The molecule has 0 aromatic rings. The Balaban J connectivity index is 3.07. The molecule has 0 fully saturated rings. The van der Waals surface area contributed by atoms with E-state index in [-0.39, 0.29) is 11.8 Å². The van der Waals surface area contributed by atoms with Gasteiger partial charge in [0, 0.05) is 19.1 Å². The van der Waals surface area contributed by atoms with Crippen LogP contribution in [0.15, 0.2) is 0 Å². The van der Waals surface area contributed by atoms with E-state index in [9.17, 15) is 4.79 Å². The minimum Gasteiger partial charge on any atom is -0.379 e. The second kappa shape index (κ2) is 39.4. The summed E-state index contributed by atoms with van der Waals surface area (Å²) in [5, 5.41) is 2.80. The summed E-state index contributed by atoms with van der Waals surface area (Å²) in [6, 6.07) is 0. The molecule has 282 valence electrons. The summed E-state index contributed by atoms with van der Waals surface area (Å²) in [6.07, 6.45) is 1.08. The van der Waals surface area contributed by atoms with E-state index in [1.807, 2.05) is 13.8 Å². The Morgan fingerprint density at radius 2 is 0.574 bits per heavy atom.